The standard InChI is InChI=1S/C14H25N3O/c1-11-4-5-15-13(9-11)14(18)17-8-7-16-6-2-3-12(16)10-17/h11-13,15H,2-10H2,1H3. The van der Waals surface area contributed by atoms with Crippen LogP contribution in [-0.2, 0) is 4.79 Å². The molecule has 3 heterocycles. The lowest BCUT2D eigenvalue weighted by atomic mass is 9.93. The molecular weight excluding hydrogens is 226 g/mol. The molecule has 3 aliphatic rings. The van der Waals surface area contributed by atoms with Crippen LogP contribution in [0.15, 0.2) is 0 Å². The van der Waals surface area contributed by atoms with Crippen LogP contribution in [-0.4, -0.2) is 60.5 Å². The summed E-state index contributed by atoms with van der Waals surface area (Å²) in [5.74, 6) is 1.04. The number of hydrogen-bond acceptors (Lipinski definition) is 3. The lowest BCUT2D eigenvalue weighted by Gasteiger charge is -2.40. The van der Waals surface area contributed by atoms with E-state index in [1.807, 2.05) is 0 Å². The molecule has 0 aliphatic carbocycles. The van der Waals surface area contributed by atoms with E-state index in [1.54, 1.807) is 0 Å². The van der Waals surface area contributed by atoms with Crippen molar-refractivity contribution in [3.63, 3.8) is 0 Å². The SMILES string of the molecule is CC1CCNC(C(=O)N2CCN3CCCC3C2)C1. The summed E-state index contributed by atoms with van der Waals surface area (Å²) >= 11 is 0. The number of hydrogen-bond donors (Lipinski definition) is 1. The Morgan fingerprint density at radius 1 is 1.22 bits per heavy atom. The van der Waals surface area contributed by atoms with Crippen molar-refractivity contribution >= 4 is 5.91 Å². The van der Waals surface area contributed by atoms with Crippen LogP contribution >= 0.6 is 0 Å². The minimum Gasteiger partial charge on any atom is -0.338 e. The van der Waals surface area contributed by atoms with Gasteiger partial charge in [0.2, 0.25) is 5.91 Å². The van der Waals surface area contributed by atoms with Gasteiger partial charge < -0.3 is 10.2 Å². The second-order valence-corrected chi connectivity index (χ2v) is 6.25. The molecule has 3 fully saturated rings. The fourth-order valence-corrected chi connectivity index (χ4v) is 3.71. The smallest absolute Gasteiger partial charge is 0.239 e. The maximum absolute atomic E-state index is 12.5. The Kier molecular flexibility index (Phi) is 3.57. The quantitative estimate of drug-likeness (QED) is 0.744. The predicted molar refractivity (Wildman–Crippen MR) is 71.4 cm³/mol. The van der Waals surface area contributed by atoms with E-state index in [1.165, 1.54) is 25.8 Å². The highest BCUT2D eigenvalue weighted by Crippen LogP contribution is 2.23. The van der Waals surface area contributed by atoms with Crippen LogP contribution in [0.3, 0.4) is 0 Å². The number of carbonyl (C=O) groups excluding carboxylic acids is 1. The van der Waals surface area contributed by atoms with Crippen LogP contribution in [0.2, 0.25) is 0 Å². The van der Waals surface area contributed by atoms with Gasteiger partial charge in [-0.3, -0.25) is 9.69 Å². The molecule has 0 saturated carbocycles. The van der Waals surface area contributed by atoms with Crippen LogP contribution < -0.4 is 5.32 Å². The lowest BCUT2D eigenvalue weighted by molar-refractivity contribution is -0.137. The first-order valence-corrected chi connectivity index (χ1v) is 7.50. The van der Waals surface area contributed by atoms with Gasteiger partial charge in [0.25, 0.3) is 0 Å². The molecular formula is C14H25N3O. The first-order chi connectivity index (χ1) is 8.74. The van der Waals surface area contributed by atoms with Crippen molar-refractivity contribution in [1.29, 1.82) is 0 Å². The fourth-order valence-electron chi connectivity index (χ4n) is 3.71. The number of amides is 1. The van der Waals surface area contributed by atoms with E-state index >= 15 is 0 Å². The van der Waals surface area contributed by atoms with Gasteiger partial charge in [0.05, 0.1) is 6.04 Å². The molecule has 0 bridgehead atoms. The molecule has 18 heavy (non-hydrogen) atoms. The molecule has 0 aromatic carbocycles. The molecule has 3 saturated heterocycles. The minimum atomic E-state index is 0.0849. The topological polar surface area (TPSA) is 35.6 Å². The minimum absolute atomic E-state index is 0.0849. The van der Waals surface area contributed by atoms with Crippen LogP contribution in [0, 0.1) is 5.92 Å². The molecule has 1 N–H and O–H groups in total. The Hall–Kier alpha value is -0.610. The van der Waals surface area contributed by atoms with Gasteiger partial charge >= 0.3 is 0 Å². The number of carbonyl (C=O) groups is 1. The molecule has 1 amide bonds. The van der Waals surface area contributed by atoms with Crippen LogP contribution in [0.1, 0.15) is 32.6 Å². The van der Waals surface area contributed by atoms with Crippen molar-refractivity contribution in [3.05, 3.63) is 0 Å². The van der Waals surface area contributed by atoms with E-state index in [4.69, 9.17) is 0 Å². The van der Waals surface area contributed by atoms with Gasteiger partial charge in [-0.1, -0.05) is 6.92 Å². The van der Waals surface area contributed by atoms with Gasteiger partial charge in [-0.2, -0.15) is 0 Å². The number of fused-ring (bicyclic) bond motifs is 1. The van der Waals surface area contributed by atoms with Gasteiger partial charge in [-0.15, -0.1) is 0 Å². The van der Waals surface area contributed by atoms with Gasteiger partial charge in [-0.05, 0) is 44.7 Å². The molecule has 3 atom stereocenters. The maximum Gasteiger partial charge on any atom is 0.239 e. The van der Waals surface area contributed by atoms with Crippen LogP contribution in [0.25, 0.3) is 0 Å². The van der Waals surface area contributed by atoms with E-state index in [0.717, 1.165) is 32.6 Å². The van der Waals surface area contributed by atoms with Gasteiger partial charge in [0.1, 0.15) is 0 Å². The van der Waals surface area contributed by atoms with E-state index < -0.39 is 0 Å². The maximum atomic E-state index is 12.5. The zero-order valence-electron chi connectivity index (χ0n) is 11.4. The van der Waals surface area contributed by atoms with Crippen molar-refractivity contribution < 1.29 is 4.79 Å². The molecule has 3 aliphatic heterocycles. The van der Waals surface area contributed by atoms with Crippen molar-refractivity contribution in [2.45, 2.75) is 44.7 Å². The number of piperazine rings is 1. The summed E-state index contributed by atoms with van der Waals surface area (Å²) in [6.45, 7) is 7.48. The van der Waals surface area contributed by atoms with E-state index in [-0.39, 0.29) is 6.04 Å². The summed E-state index contributed by atoms with van der Waals surface area (Å²) < 4.78 is 0. The summed E-state index contributed by atoms with van der Waals surface area (Å²) in [5.41, 5.74) is 0. The average molecular weight is 251 g/mol. The average Bonchev–Trinajstić information content (AvgIpc) is 2.85. The summed E-state index contributed by atoms with van der Waals surface area (Å²) in [6, 6.07) is 0.727. The zero-order valence-corrected chi connectivity index (χ0v) is 11.4. The van der Waals surface area contributed by atoms with E-state index in [9.17, 15) is 4.79 Å². The van der Waals surface area contributed by atoms with Gasteiger partial charge in [-0.25, -0.2) is 0 Å². The van der Waals surface area contributed by atoms with Gasteiger partial charge in [0.15, 0.2) is 0 Å². The number of piperidine rings is 1. The third kappa shape index (κ3) is 2.41. The second kappa shape index (κ2) is 5.17. The molecule has 4 heteroatoms. The molecule has 0 spiro atoms. The first-order valence-electron chi connectivity index (χ1n) is 7.50. The highest BCUT2D eigenvalue weighted by molar-refractivity contribution is 5.82. The molecule has 3 unspecified atom stereocenters. The second-order valence-electron chi connectivity index (χ2n) is 6.25. The van der Waals surface area contributed by atoms with Gasteiger partial charge in [0, 0.05) is 25.7 Å². The zero-order chi connectivity index (χ0) is 12.5. The predicted octanol–water partition coefficient (Wildman–Crippen LogP) is 0.681. The molecule has 0 aromatic heterocycles. The summed E-state index contributed by atoms with van der Waals surface area (Å²) in [7, 11) is 0. The van der Waals surface area contributed by atoms with E-state index in [2.05, 4.69) is 22.0 Å². The summed E-state index contributed by atoms with van der Waals surface area (Å²) in [4.78, 5) is 17.2. The Morgan fingerprint density at radius 2 is 2.11 bits per heavy atom. The molecule has 102 valence electrons. The molecule has 0 radical (unpaired) electrons. The first kappa shape index (κ1) is 12.4. The fraction of sp³-hybridized carbons (Fsp3) is 0.929. The molecule has 0 aromatic rings. The lowest BCUT2D eigenvalue weighted by Crippen LogP contribution is -2.57. The largest absolute Gasteiger partial charge is 0.338 e. The van der Waals surface area contributed by atoms with Crippen LogP contribution in [0.5, 0.6) is 0 Å². The third-order valence-electron chi connectivity index (χ3n) is 4.86. The van der Waals surface area contributed by atoms with Crippen LogP contribution in [0.4, 0.5) is 0 Å². The van der Waals surface area contributed by atoms with Crippen molar-refractivity contribution in [2.24, 2.45) is 5.92 Å². The normalized spacial score (nSPS) is 37.6. The van der Waals surface area contributed by atoms with E-state index in [0.29, 0.717) is 17.9 Å². The number of nitrogens with zero attached hydrogens (tertiary/aromatic N) is 2. The monoisotopic (exact) mass is 251 g/mol. The third-order valence-corrected chi connectivity index (χ3v) is 4.86. The Morgan fingerprint density at radius 3 is 2.94 bits per heavy atom. The Bertz CT molecular complexity index is 320. The van der Waals surface area contributed by atoms with Crippen molar-refractivity contribution in [3.8, 4) is 0 Å². The summed E-state index contributed by atoms with van der Waals surface area (Å²) in [6.07, 6.45) is 4.81. The summed E-state index contributed by atoms with van der Waals surface area (Å²) in [5, 5.41) is 3.40. The molecule has 3 rings (SSSR count). The Balaban J connectivity index is 1.59. The van der Waals surface area contributed by atoms with Crippen molar-refractivity contribution in [1.82, 2.24) is 15.1 Å². The Labute approximate surface area is 110 Å². The highest BCUT2D eigenvalue weighted by atomic mass is 16.2. The van der Waals surface area contributed by atoms with Crippen molar-refractivity contribution in [2.75, 3.05) is 32.7 Å². The number of nitrogens with one attached hydrogen (secondary N) is 1. The highest BCUT2D eigenvalue weighted by Gasteiger charge is 2.35. The molecule has 4 nitrogen and oxygen atoms in total. The number of rotatable bonds is 1.